The highest BCUT2D eigenvalue weighted by molar-refractivity contribution is 5.94. The molecule has 21 heavy (non-hydrogen) atoms. The van der Waals surface area contributed by atoms with E-state index in [-0.39, 0.29) is 24.8 Å². The van der Waals surface area contributed by atoms with Crippen LogP contribution in [0.3, 0.4) is 0 Å². The second kappa shape index (κ2) is 7.07. The summed E-state index contributed by atoms with van der Waals surface area (Å²) in [5.74, 6) is 0.236. The molecule has 116 valence electrons. The molecule has 0 radical (unpaired) electrons. The number of rotatable bonds is 7. The quantitative estimate of drug-likeness (QED) is 0.659. The van der Waals surface area contributed by atoms with Gasteiger partial charge in [0.1, 0.15) is 6.61 Å². The van der Waals surface area contributed by atoms with E-state index < -0.39 is 0 Å². The van der Waals surface area contributed by atoms with Crippen LogP contribution in [0.1, 0.15) is 22.5 Å². The number of nitrogens with one attached hydrogen (secondary N) is 2. The minimum atomic E-state index is -0.289. The van der Waals surface area contributed by atoms with Crippen LogP contribution in [0.15, 0.2) is 0 Å². The van der Waals surface area contributed by atoms with E-state index in [0.717, 1.165) is 5.56 Å². The molecule has 1 aliphatic heterocycles. The average Bonchev–Trinajstić information content (AvgIpc) is 3.02. The highest BCUT2D eigenvalue weighted by atomic mass is 16.5. The largest absolute Gasteiger partial charge is 0.476 e. The molecule has 0 aliphatic carbocycles. The minimum absolute atomic E-state index is 0.125. The smallest absolute Gasteiger partial charge is 0.272 e. The van der Waals surface area contributed by atoms with E-state index in [2.05, 4.69) is 15.7 Å². The molecule has 0 atom stereocenters. The summed E-state index contributed by atoms with van der Waals surface area (Å²) in [6.45, 7) is 4.25. The Bertz CT molecular complexity index is 526. The number of hydrogen-bond acceptors (Lipinski definition) is 5. The Kier molecular flexibility index (Phi) is 5.15. The van der Waals surface area contributed by atoms with Crippen LogP contribution in [0.5, 0.6) is 5.88 Å². The summed E-state index contributed by atoms with van der Waals surface area (Å²) < 4.78 is 11.9. The van der Waals surface area contributed by atoms with Crippen molar-refractivity contribution < 1.29 is 19.1 Å². The van der Waals surface area contributed by atoms with Crippen molar-refractivity contribution in [2.45, 2.75) is 19.9 Å². The number of aromatic nitrogens is 2. The van der Waals surface area contributed by atoms with Crippen LogP contribution in [-0.4, -0.2) is 55.0 Å². The van der Waals surface area contributed by atoms with Crippen molar-refractivity contribution >= 4 is 11.8 Å². The van der Waals surface area contributed by atoms with Crippen molar-refractivity contribution in [3.8, 4) is 5.88 Å². The van der Waals surface area contributed by atoms with Gasteiger partial charge >= 0.3 is 0 Å². The van der Waals surface area contributed by atoms with Crippen molar-refractivity contribution in [1.82, 2.24) is 20.4 Å². The molecule has 0 unspecified atom stereocenters. The van der Waals surface area contributed by atoms with Crippen molar-refractivity contribution in [1.29, 1.82) is 0 Å². The highest BCUT2D eigenvalue weighted by Crippen LogP contribution is 2.25. The molecule has 0 fully saturated rings. The summed E-state index contributed by atoms with van der Waals surface area (Å²) >= 11 is 0. The van der Waals surface area contributed by atoms with Gasteiger partial charge in [-0.2, -0.15) is 5.10 Å². The predicted molar refractivity (Wildman–Crippen MR) is 74.3 cm³/mol. The topological polar surface area (TPSA) is 94.5 Å². The summed E-state index contributed by atoms with van der Waals surface area (Å²) in [7, 11) is 1.57. The number of carbonyl (C=O) groups excluding carboxylic acids is 2. The highest BCUT2D eigenvalue weighted by Gasteiger charge is 2.24. The Balaban J connectivity index is 1.76. The normalized spacial score (nSPS) is 12.7. The molecule has 1 aromatic heterocycles. The van der Waals surface area contributed by atoms with Gasteiger partial charge in [0.2, 0.25) is 11.8 Å². The van der Waals surface area contributed by atoms with Gasteiger partial charge in [0, 0.05) is 32.2 Å². The fourth-order valence-electron chi connectivity index (χ4n) is 2.07. The number of carbonyl (C=O) groups is 2. The maximum Gasteiger partial charge on any atom is 0.272 e. The summed E-state index contributed by atoms with van der Waals surface area (Å²) in [6, 6.07) is 0. The fraction of sp³-hybridized carbons (Fsp3) is 0.615. The molecule has 8 heteroatoms. The second-order valence-electron chi connectivity index (χ2n) is 4.70. The lowest BCUT2D eigenvalue weighted by molar-refractivity contribution is -0.121. The molecule has 2 N–H and O–H groups in total. The maximum atomic E-state index is 12.0. The van der Waals surface area contributed by atoms with Gasteiger partial charge in [-0.1, -0.05) is 0 Å². The Hall–Kier alpha value is -2.09. The van der Waals surface area contributed by atoms with Crippen molar-refractivity contribution in [2.75, 3.05) is 33.4 Å². The van der Waals surface area contributed by atoms with Gasteiger partial charge in [-0.15, -0.1) is 0 Å². The van der Waals surface area contributed by atoms with E-state index in [4.69, 9.17) is 9.47 Å². The van der Waals surface area contributed by atoms with E-state index in [1.54, 1.807) is 18.7 Å². The first kappa shape index (κ1) is 15.3. The third-order valence-corrected chi connectivity index (χ3v) is 3.15. The van der Waals surface area contributed by atoms with E-state index >= 15 is 0 Å². The Morgan fingerprint density at radius 1 is 1.38 bits per heavy atom. The molecule has 0 saturated carbocycles. The molecule has 1 aromatic rings. The Morgan fingerprint density at radius 3 is 2.90 bits per heavy atom. The lowest BCUT2D eigenvalue weighted by Gasteiger charge is -2.06. The molecule has 0 spiro atoms. The van der Waals surface area contributed by atoms with Gasteiger partial charge in [0.05, 0.1) is 13.2 Å². The summed E-state index contributed by atoms with van der Waals surface area (Å²) in [4.78, 5) is 23.5. The lowest BCUT2D eigenvalue weighted by atomic mass is 10.2. The van der Waals surface area contributed by atoms with Crippen molar-refractivity contribution in [2.24, 2.45) is 0 Å². The zero-order chi connectivity index (χ0) is 15.2. The lowest BCUT2D eigenvalue weighted by Crippen LogP contribution is -2.32. The molecule has 0 saturated heterocycles. The zero-order valence-corrected chi connectivity index (χ0v) is 12.3. The first-order chi connectivity index (χ1) is 10.1. The first-order valence-electron chi connectivity index (χ1n) is 6.87. The molecule has 1 aliphatic rings. The van der Waals surface area contributed by atoms with Crippen molar-refractivity contribution in [3.63, 3.8) is 0 Å². The molecule has 2 heterocycles. The first-order valence-corrected chi connectivity index (χ1v) is 6.87. The van der Waals surface area contributed by atoms with Gasteiger partial charge in [-0.3, -0.25) is 9.59 Å². The van der Waals surface area contributed by atoms with Gasteiger partial charge in [-0.05, 0) is 6.92 Å². The van der Waals surface area contributed by atoms with Crippen LogP contribution in [0.2, 0.25) is 0 Å². The van der Waals surface area contributed by atoms with Gasteiger partial charge in [-0.25, -0.2) is 4.68 Å². The van der Waals surface area contributed by atoms with Crippen LogP contribution in [-0.2, 0) is 16.1 Å². The van der Waals surface area contributed by atoms with Crippen LogP contribution < -0.4 is 15.4 Å². The van der Waals surface area contributed by atoms with Gasteiger partial charge in [0.25, 0.3) is 5.91 Å². The third kappa shape index (κ3) is 3.72. The van der Waals surface area contributed by atoms with Gasteiger partial charge in [0.15, 0.2) is 5.69 Å². The van der Waals surface area contributed by atoms with Crippen LogP contribution >= 0.6 is 0 Å². The summed E-state index contributed by atoms with van der Waals surface area (Å²) in [5.41, 5.74) is 1.08. The van der Waals surface area contributed by atoms with E-state index in [1.807, 2.05) is 0 Å². The summed E-state index contributed by atoms with van der Waals surface area (Å²) in [6.07, 6.45) is 0.221. The molecule has 8 nitrogen and oxygen atoms in total. The van der Waals surface area contributed by atoms with E-state index in [0.29, 0.717) is 37.9 Å². The number of fused-ring (bicyclic) bond motifs is 1. The maximum absolute atomic E-state index is 12.0. The van der Waals surface area contributed by atoms with E-state index in [9.17, 15) is 9.59 Å². The van der Waals surface area contributed by atoms with Crippen molar-refractivity contribution in [3.05, 3.63) is 11.3 Å². The molecule has 0 aromatic carbocycles. The van der Waals surface area contributed by atoms with Crippen LogP contribution in [0.4, 0.5) is 0 Å². The number of ether oxygens (including phenoxy) is 2. The fourth-order valence-corrected chi connectivity index (χ4v) is 2.07. The minimum Gasteiger partial charge on any atom is -0.476 e. The SMILES string of the molecule is COCCNC(=O)CCNC(=O)c1nn2c(c1C)OCC2. The number of methoxy groups -OCH3 is 1. The third-order valence-electron chi connectivity index (χ3n) is 3.15. The monoisotopic (exact) mass is 296 g/mol. The Morgan fingerprint density at radius 2 is 2.19 bits per heavy atom. The average molecular weight is 296 g/mol. The molecule has 0 bridgehead atoms. The standard InChI is InChI=1S/C13H20N4O4/c1-9-11(16-17-6-8-21-13(9)17)12(19)15-4-3-10(18)14-5-7-20-2/h3-8H2,1-2H3,(H,14,18)(H,15,19). The number of amides is 2. The molecule has 2 rings (SSSR count). The molecular weight excluding hydrogens is 276 g/mol. The number of hydrogen-bond donors (Lipinski definition) is 2. The molecule has 2 amide bonds. The van der Waals surface area contributed by atoms with Gasteiger partial charge < -0.3 is 20.1 Å². The number of nitrogens with zero attached hydrogens (tertiary/aromatic N) is 2. The second-order valence-corrected chi connectivity index (χ2v) is 4.70. The zero-order valence-electron chi connectivity index (χ0n) is 12.3. The van der Waals surface area contributed by atoms with Crippen LogP contribution in [0, 0.1) is 6.92 Å². The predicted octanol–water partition coefficient (Wildman–Crippen LogP) is -0.534. The molecular formula is C13H20N4O4. The van der Waals surface area contributed by atoms with Crippen LogP contribution in [0.25, 0.3) is 0 Å². The van der Waals surface area contributed by atoms with E-state index in [1.165, 1.54) is 0 Å². The summed E-state index contributed by atoms with van der Waals surface area (Å²) in [5, 5.41) is 9.58. The Labute approximate surface area is 122 Å².